The quantitative estimate of drug-likeness (QED) is 0.576. The third-order valence-electron chi connectivity index (χ3n) is 1.95. The van der Waals surface area contributed by atoms with Gasteiger partial charge in [-0.1, -0.05) is 17.8 Å². The van der Waals surface area contributed by atoms with Crippen LogP contribution >= 0.6 is 23.0 Å². The first kappa shape index (κ1) is 13.9. The molecule has 2 unspecified atom stereocenters. The topological polar surface area (TPSA) is 33.0 Å². The minimum Gasteiger partial charge on any atom is -0.310 e. The van der Waals surface area contributed by atoms with Gasteiger partial charge in [0.1, 0.15) is 28.9 Å². The predicted molar refractivity (Wildman–Crippen MR) is 67.2 cm³/mol. The van der Waals surface area contributed by atoms with Gasteiger partial charge in [-0.05, 0) is 12.8 Å². The van der Waals surface area contributed by atoms with Crippen LogP contribution in [0.15, 0.2) is 0 Å². The zero-order chi connectivity index (χ0) is 11.7. The predicted octanol–water partition coefficient (Wildman–Crippen LogP) is 2.16. The molecule has 3 heteroatoms. The Morgan fingerprint density at radius 2 is 1.73 bits per heavy atom. The number of halogens is 1. The molecule has 0 aromatic carbocycles. The number of nitriles is 1. The van der Waals surface area contributed by atoms with Gasteiger partial charge in [0.25, 0.3) is 0 Å². The molecule has 0 fully saturated rings. The van der Waals surface area contributed by atoms with Crippen molar-refractivity contribution in [2.45, 2.75) is 18.9 Å². The van der Waals surface area contributed by atoms with E-state index in [2.05, 4.69) is 17.8 Å². The second kappa shape index (κ2) is 8.19. The van der Waals surface area contributed by atoms with Crippen molar-refractivity contribution in [2.75, 3.05) is 0 Å². The molecule has 2 atom stereocenters. The van der Waals surface area contributed by atoms with Gasteiger partial charge in [-0.3, -0.25) is 0 Å². The summed E-state index contributed by atoms with van der Waals surface area (Å²) in [6, 6.07) is 1.99. The van der Waals surface area contributed by atoms with Gasteiger partial charge in [0, 0.05) is 0 Å². The Morgan fingerprint density at radius 1 is 1.13 bits per heavy atom. The fourth-order valence-electron chi connectivity index (χ4n) is 1.04. The Kier molecular flexibility index (Phi) is 7.57. The van der Waals surface area contributed by atoms with Gasteiger partial charge in [0.05, 0.1) is 18.1 Å². The third kappa shape index (κ3) is 4.75. The van der Waals surface area contributed by atoms with Crippen LogP contribution in [-0.4, -0.2) is 6.10 Å². The number of nitrogens with zero attached hydrogens (tertiary/aromatic N) is 1. The maximum atomic E-state index is 8.75. The summed E-state index contributed by atoms with van der Waals surface area (Å²) in [5.41, 5.74) is 0. The lowest BCUT2D eigenvalue weighted by Gasteiger charge is -2.15. The molecule has 0 heterocycles. The molecular formula is C12H10INO. The second-order valence-corrected chi connectivity index (χ2v) is 3.37. The van der Waals surface area contributed by atoms with Crippen molar-refractivity contribution in [1.82, 2.24) is 0 Å². The molecular weight excluding hydrogens is 301 g/mol. The van der Waals surface area contributed by atoms with Crippen molar-refractivity contribution in [3.63, 3.8) is 0 Å². The molecule has 0 aliphatic carbocycles. The first-order valence-electron chi connectivity index (χ1n) is 4.28. The van der Waals surface area contributed by atoms with Crippen LogP contribution in [-0.2, 0) is 3.07 Å². The van der Waals surface area contributed by atoms with E-state index in [1.165, 1.54) is 0 Å². The Morgan fingerprint density at radius 3 is 2.07 bits per heavy atom. The molecule has 0 aromatic rings. The van der Waals surface area contributed by atoms with Crippen LogP contribution in [0, 0.1) is 60.2 Å². The number of terminal acetylenes is 3. The second-order valence-electron chi connectivity index (χ2n) is 2.86. The highest BCUT2D eigenvalue weighted by atomic mass is 127. The average Bonchev–Trinajstić information content (AvgIpc) is 2.29. The lowest BCUT2D eigenvalue weighted by molar-refractivity contribution is 0.234. The van der Waals surface area contributed by atoms with E-state index in [9.17, 15) is 0 Å². The van der Waals surface area contributed by atoms with Crippen molar-refractivity contribution in [3.05, 3.63) is 0 Å². The molecule has 0 aromatic heterocycles. The molecule has 0 rings (SSSR count). The molecule has 0 saturated heterocycles. The third-order valence-corrected chi connectivity index (χ3v) is 2.60. The Hall–Kier alpha value is -1.14. The fourth-order valence-corrected chi connectivity index (χ4v) is 1.58. The summed E-state index contributed by atoms with van der Waals surface area (Å²) in [7, 11) is 0. The van der Waals surface area contributed by atoms with Crippen LogP contribution < -0.4 is 0 Å². The smallest absolute Gasteiger partial charge is 0.134 e. The SMILES string of the molecule is C#CC(C#C)CCC(OI)C(C#C)C#N. The van der Waals surface area contributed by atoms with Crippen LogP contribution in [0.1, 0.15) is 12.8 Å². The van der Waals surface area contributed by atoms with Crippen molar-refractivity contribution < 1.29 is 3.07 Å². The number of hydrogen-bond acceptors (Lipinski definition) is 2. The summed E-state index contributed by atoms with van der Waals surface area (Å²) in [6.45, 7) is 0. The largest absolute Gasteiger partial charge is 0.310 e. The number of rotatable bonds is 5. The molecule has 76 valence electrons. The van der Waals surface area contributed by atoms with E-state index in [0.717, 1.165) is 0 Å². The summed E-state index contributed by atoms with van der Waals surface area (Å²) >= 11 is 1.73. The van der Waals surface area contributed by atoms with Crippen molar-refractivity contribution in [2.24, 2.45) is 11.8 Å². The first-order valence-corrected chi connectivity index (χ1v) is 5.16. The lowest BCUT2D eigenvalue weighted by atomic mass is 9.96. The molecule has 0 aliphatic rings. The fraction of sp³-hybridized carbons (Fsp3) is 0.417. The zero-order valence-corrected chi connectivity index (χ0v) is 10.3. The summed E-state index contributed by atoms with van der Waals surface area (Å²) in [6.07, 6.45) is 16.5. The normalized spacial score (nSPS) is 12.9. The standard InChI is InChI=1S/C12H10INO/c1-4-10(5-2)7-8-12(15-13)11(6-3)9-14/h1-3,10-12H,7-8H2. The van der Waals surface area contributed by atoms with Crippen molar-refractivity contribution >= 4 is 23.0 Å². The molecule has 0 spiro atoms. The number of hydrogen-bond donors (Lipinski definition) is 0. The van der Waals surface area contributed by atoms with Gasteiger partial charge in [-0.25, -0.2) is 0 Å². The van der Waals surface area contributed by atoms with E-state index in [1.807, 2.05) is 6.07 Å². The molecule has 0 saturated carbocycles. The summed E-state index contributed by atoms with van der Waals surface area (Å²) in [4.78, 5) is 0. The van der Waals surface area contributed by atoms with E-state index in [-0.39, 0.29) is 12.0 Å². The van der Waals surface area contributed by atoms with E-state index >= 15 is 0 Å². The molecule has 0 N–H and O–H groups in total. The highest BCUT2D eigenvalue weighted by Crippen LogP contribution is 2.18. The van der Waals surface area contributed by atoms with Crippen LogP contribution in [0.3, 0.4) is 0 Å². The van der Waals surface area contributed by atoms with Gasteiger partial charge in [-0.15, -0.1) is 19.3 Å². The van der Waals surface area contributed by atoms with Crippen LogP contribution in [0.4, 0.5) is 0 Å². The van der Waals surface area contributed by atoms with Gasteiger partial charge in [0.2, 0.25) is 0 Å². The van der Waals surface area contributed by atoms with E-state index in [4.69, 9.17) is 27.6 Å². The van der Waals surface area contributed by atoms with Gasteiger partial charge in [0.15, 0.2) is 0 Å². The summed E-state index contributed by atoms with van der Waals surface area (Å²) < 4.78 is 5.10. The monoisotopic (exact) mass is 311 g/mol. The molecule has 15 heavy (non-hydrogen) atoms. The zero-order valence-electron chi connectivity index (χ0n) is 8.11. The summed E-state index contributed by atoms with van der Waals surface area (Å²) in [5, 5.41) is 8.75. The lowest BCUT2D eigenvalue weighted by Crippen LogP contribution is -2.19. The molecule has 0 aliphatic heterocycles. The maximum absolute atomic E-state index is 8.75. The summed E-state index contributed by atoms with van der Waals surface area (Å²) in [5.74, 6) is 6.54. The van der Waals surface area contributed by atoms with Crippen molar-refractivity contribution in [3.8, 4) is 43.1 Å². The Bertz CT molecular complexity index is 322. The van der Waals surface area contributed by atoms with Gasteiger partial charge in [-0.2, -0.15) is 5.26 Å². The van der Waals surface area contributed by atoms with Gasteiger partial charge < -0.3 is 3.07 Å². The Labute approximate surface area is 105 Å². The Balaban J connectivity index is 4.27. The van der Waals surface area contributed by atoms with E-state index < -0.39 is 5.92 Å². The highest BCUT2D eigenvalue weighted by molar-refractivity contribution is 14.1. The van der Waals surface area contributed by atoms with Crippen molar-refractivity contribution in [1.29, 1.82) is 5.26 Å². The molecule has 0 radical (unpaired) electrons. The average molecular weight is 311 g/mol. The van der Waals surface area contributed by atoms with E-state index in [1.54, 1.807) is 23.0 Å². The van der Waals surface area contributed by atoms with Crippen LogP contribution in [0.5, 0.6) is 0 Å². The first-order chi connectivity index (χ1) is 7.23. The molecule has 0 bridgehead atoms. The van der Waals surface area contributed by atoms with Crippen LogP contribution in [0.25, 0.3) is 0 Å². The molecule has 0 amide bonds. The highest BCUT2D eigenvalue weighted by Gasteiger charge is 2.20. The molecule has 2 nitrogen and oxygen atoms in total. The van der Waals surface area contributed by atoms with Crippen LogP contribution in [0.2, 0.25) is 0 Å². The van der Waals surface area contributed by atoms with Gasteiger partial charge >= 0.3 is 0 Å². The minimum absolute atomic E-state index is 0.226. The maximum Gasteiger partial charge on any atom is 0.134 e. The van der Waals surface area contributed by atoms with E-state index in [0.29, 0.717) is 12.8 Å². The minimum atomic E-state index is -0.557.